The average molecular weight is 652 g/mol. The van der Waals surface area contributed by atoms with Gasteiger partial charge < -0.3 is 24.6 Å². The van der Waals surface area contributed by atoms with Gasteiger partial charge in [0.2, 0.25) is 0 Å². The molecule has 0 unspecified atom stereocenters. The fraction of sp³-hybridized carbons (Fsp3) is 0.618. The monoisotopic (exact) mass is 651 g/mol. The molecule has 2 amide bonds. The molecule has 3 fully saturated rings. The Bertz CT molecular complexity index is 1450. The van der Waals surface area contributed by atoms with Crippen LogP contribution in [0.15, 0.2) is 30.3 Å². The van der Waals surface area contributed by atoms with E-state index in [2.05, 4.69) is 59.1 Å². The molecule has 2 aliphatic heterocycles. The molecule has 12 heteroatoms. The zero-order valence-electron chi connectivity index (χ0n) is 28.0. The highest BCUT2D eigenvalue weighted by molar-refractivity contribution is 6.31. The summed E-state index contributed by atoms with van der Waals surface area (Å²) < 4.78 is 11.9. The van der Waals surface area contributed by atoms with Crippen LogP contribution >= 0.6 is 11.6 Å². The number of piperidine rings is 1. The molecule has 11 nitrogen and oxygen atoms in total. The summed E-state index contributed by atoms with van der Waals surface area (Å²) in [6, 6.07) is 11.0. The molecule has 0 radical (unpaired) electrons. The van der Waals surface area contributed by atoms with Gasteiger partial charge in [-0.05, 0) is 57.9 Å². The van der Waals surface area contributed by atoms with Gasteiger partial charge in [0.25, 0.3) is 5.91 Å². The first-order valence-corrected chi connectivity index (χ1v) is 16.5. The molecule has 3 aliphatic rings. The third-order valence-corrected chi connectivity index (χ3v) is 9.90. The van der Waals surface area contributed by atoms with Crippen LogP contribution in [0, 0.1) is 22.2 Å². The standard InChI is InChI=1S/C34H46ClN7O4/c1-32(2,3)46-31(44)42-18-16-40(17-19-42)23-12-14-41(15-13-23)27-11-10-26(38-39-27)28(43)37-29-33(4,5)30(34(29,6)7)45-24-9-8-22(21-36)25(35)20-24/h8-11,20,23,29-30H,12-19H2,1-7H3,(H,37,43)/t29-,30-. The summed E-state index contributed by atoms with van der Waals surface area (Å²) in [6.45, 7) is 18.7. The molecule has 1 aromatic carbocycles. The number of halogens is 1. The van der Waals surface area contributed by atoms with E-state index in [1.54, 1.807) is 29.2 Å². The first-order valence-electron chi connectivity index (χ1n) is 16.1. The van der Waals surface area contributed by atoms with E-state index in [1.165, 1.54) is 0 Å². The van der Waals surface area contributed by atoms with Crippen molar-refractivity contribution in [3.05, 3.63) is 46.6 Å². The summed E-state index contributed by atoms with van der Waals surface area (Å²) in [5.41, 5.74) is -0.564. The van der Waals surface area contributed by atoms with Crippen molar-refractivity contribution in [3.63, 3.8) is 0 Å². The number of aromatic nitrogens is 2. The Hall–Kier alpha value is -3.62. The van der Waals surface area contributed by atoms with Crippen LogP contribution in [-0.4, -0.2) is 95.1 Å². The molecule has 1 aromatic heterocycles. The van der Waals surface area contributed by atoms with Crippen LogP contribution in [0.5, 0.6) is 5.75 Å². The number of hydrogen-bond acceptors (Lipinski definition) is 9. The second-order valence-corrected chi connectivity index (χ2v) is 15.2. The Morgan fingerprint density at radius 1 is 0.978 bits per heavy atom. The molecule has 248 valence electrons. The molecule has 3 heterocycles. The summed E-state index contributed by atoms with van der Waals surface area (Å²) in [4.78, 5) is 32.2. The lowest BCUT2D eigenvalue weighted by molar-refractivity contribution is -0.164. The Labute approximate surface area is 277 Å². The smallest absolute Gasteiger partial charge is 0.410 e. The van der Waals surface area contributed by atoms with Gasteiger partial charge >= 0.3 is 6.09 Å². The highest BCUT2D eigenvalue weighted by Crippen LogP contribution is 2.55. The molecule has 2 aromatic rings. The summed E-state index contributed by atoms with van der Waals surface area (Å²) in [7, 11) is 0. The Morgan fingerprint density at radius 3 is 2.17 bits per heavy atom. The first-order chi connectivity index (χ1) is 21.6. The number of anilines is 1. The maximum absolute atomic E-state index is 13.3. The number of hydrogen-bond donors (Lipinski definition) is 1. The van der Waals surface area contributed by atoms with Crippen molar-refractivity contribution in [3.8, 4) is 11.8 Å². The molecular weight excluding hydrogens is 606 g/mol. The number of amides is 2. The summed E-state index contributed by atoms with van der Waals surface area (Å²) in [5, 5.41) is 21.4. The van der Waals surface area contributed by atoms with E-state index in [0.29, 0.717) is 35.5 Å². The van der Waals surface area contributed by atoms with E-state index in [9.17, 15) is 9.59 Å². The number of carbonyl (C=O) groups excluding carboxylic acids is 2. The fourth-order valence-corrected chi connectivity index (χ4v) is 7.68. The summed E-state index contributed by atoms with van der Waals surface area (Å²) in [5.74, 6) is 1.09. The molecule has 1 saturated carbocycles. The van der Waals surface area contributed by atoms with Crippen LogP contribution in [0.2, 0.25) is 5.02 Å². The van der Waals surface area contributed by atoms with Crippen LogP contribution in [-0.2, 0) is 4.74 Å². The fourth-order valence-electron chi connectivity index (χ4n) is 7.47. The van der Waals surface area contributed by atoms with Crippen molar-refractivity contribution in [2.45, 2.75) is 85.1 Å². The number of piperazine rings is 1. The van der Waals surface area contributed by atoms with E-state index in [-0.39, 0.29) is 40.7 Å². The van der Waals surface area contributed by atoms with Crippen molar-refractivity contribution in [1.29, 1.82) is 5.26 Å². The second kappa shape index (κ2) is 12.9. The Balaban J connectivity index is 1.11. The van der Waals surface area contributed by atoms with Crippen molar-refractivity contribution < 1.29 is 19.1 Å². The normalized spacial score (nSPS) is 23.2. The van der Waals surface area contributed by atoms with E-state index < -0.39 is 5.60 Å². The number of nitrogens with zero attached hydrogens (tertiary/aromatic N) is 6. The summed E-state index contributed by atoms with van der Waals surface area (Å²) >= 11 is 6.22. The van der Waals surface area contributed by atoms with Gasteiger partial charge in [0, 0.05) is 68.2 Å². The van der Waals surface area contributed by atoms with Crippen LogP contribution < -0.4 is 15.0 Å². The zero-order valence-corrected chi connectivity index (χ0v) is 28.7. The molecule has 1 aliphatic carbocycles. The lowest BCUT2D eigenvalue weighted by Gasteiger charge is -2.63. The third kappa shape index (κ3) is 7.03. The van der Waals surface area contributed by atoms with Crippen molar-refractivity contribution >= 4 is 29.4 Å². The second-order valence-electron chi connectivity index (χ2n) is 14.8. The van der Waals surface area contributed by atoms with Crippen molar-refractivity contribution in [2.24, 2.45) is 10.8 Å². The van der Waals surface area contributed by atoms with Gasteiger partial charge in [-0.15, -0.1) is 10.2 Å². The molecule has 0 spiro atoms. The van der Waals surface area contributed by atoms with E-state index >= 15 is 0 Å². The van der Waals surface area contributed by atoms with Crippen LogP contribution in [0.4, 0.5) is 10.6 Å². The number of nitriles is 1. The van der Waals surface area contributed by atoms with Crippen molar-refractivity contribution in [2.75, 3.05) is 44.2 Å². The largest absolute Gasteiger partial charge is 0.489 e. The summed E-state index contributed by atoms with van der Waals surface area (Å²) in [6.07, 6.45) is 1.57. The van der Waals surface area contributed by atoms with Gasteiger partial charge in [0.1, 0.15) is 23.5 Å². The quantitative estimate of drug-likeness (QED) is 0.452. The van der Waals surface area contributed by atoms with E-state index in [0.717, 1.165) is 44.8 Å². The zero-order chi connectivity index (χ0) is 33.4. The van der Waals surface area contributed by atoms with E-state index in [4.69, 9.17) is 26.3 Å². The minimum absolute atomic E-state index is 0.169. The molecule has 1 N–H and O–H groups in total. The van der Waals surface area contributed by atoms with Gasteiger partial charge in [-0.25, -0.2) is 4.79 Å². The minimum atomic E-state index is -0.486. The number of ether oxygens (including phenoxy) is 2. The SMILES string of the molecule is CC(C)(C)OC(=O)N1CCN(C2CCN(c3ccc(C(=O)N[C@H]4C(C)(C)[C@H](Oc5ccc(C#N)c(Cl)c5)C4(C)C)nn3)CC2)CC1. The van der Waals surface area contributed by atoms with E-state index in [1.807, 2.05) is 26.8 Å². The highest BCUT2D eigenvalue weighted by atomic mass is 35.5. The highest BCUT2D eigenvalue weighted by Gasteiger charge is 2.64. The van der Waals surface area contributed by atoms with Gasteiger partial charge in [-0.1, -0.05) is 39.3 Å². The third-order valence-electron chi connectivity index (χ3n) is 9.58. The number of nitrogens with one attached hydrogen (secondary N) is 1. The lowest BCUT2D eigenvalue weighted by Crippen LogP contribution is -2.74. The predicted molar refractivity (Wildman–Crippen MR) is 176 cm³/mol. The number of benzene rings is 1. The Morgan fingerprint density at radius 2 is 1.63 bits per heavy atom. The van der Waals surface area contributed by atoms with Crippen LogP contribution in [0.3, 0.4) is 0 Å². The molecule has 2 saturated heterocycles. The van der Waals surface area contributed by atoms with Gasteiger partial charge in [-0.3, -0.25) is 9.69 Å². The molecule has 5 rings (SSSR count). The van der Waals surface area contributed by atoms with Crippen LogP contribution in [0.25, 0.3) is 0 Å². The van der Waals surface area contributed by atoms with Crippen molar-refractivity contribution in [1.82, 2.24) is 25.3 Å². The lowest BCUT2D eigenvalue weighted by atomic mass is 9.49. The van der Waals surface area contributed by atoms with Gasteiger partial charge in [0.15, 0.2) is 11.5 Å². The van der Waals surface area contributed by atoms with Gasteiger partial charge in [-0.2, -0.15) is 5.26 Å². The maximum atomic E-state index is 13.3. The molecule has 0 atom stereocenters. The first kappa shape index (κ1) is 33.7. The molecule has 46 heavy (non-hydrogen) atoms. The number of carbonyl (C=O) groups is 2. The molecular formula is C34H46ClN7O4. The van der Waals surface area contributed by atoms with Crippen LogP contribution in [0.1, 0.15) is 77.4 Å². The average Bonchev–Trinajstić information content (AvgIpc) is 3.01. The maximum Gasteiger partial charge on any atom is 0.410 e. The molecule has 0 bridgehead atoms. The number of rotatable bonds is 6. The minimum Gasteiger partial charge on any atom is -0.489 e. The Kier molecular flexibility index (Phi) is 9.45. The topological polar surface area (TPSA) is 124 Å². The predicted octanol–water partition coefficient (Wildman–Crippen LogP) is 5.14. The van der Waals surface area contributed by atoms with Gasteiger partial charge in [0.05, 0.1) is 10.6 Å².